The molecule has 0 amide bonds. The Hall–Kier alpha value is 0.0800. The second kappa shape index (κ2) is 7.00. The summed E-state index contributed by atoms with van der Waals surface area (Å²) in [6.07, 6.45) is 9.12. The van der Waals surface area contributed by atoms with Crippen LogP contribution in [0.2, 0.25) is 0 Å². The molecule has 3 aliphatic carbocycles. The van der Waals surface area contributed by atoms with Gasteiger partial charge in [0.05, 0.1) is 5.33 Å². The lowest BCUT2D eigenvalue weighted by molar-refractivity contribution is -0.136. The Bertz CT molecular complexity index is 480. The Morgan fingerprint density at radius 3 is 2.50 bits per heavy atom. The topological polar surface area (TPSA) is 17.1 Å². The molecule has 3 heteroatoms. The molecule has 0 spiro atoms. The van der Waals surface area contributed by atoms with E-state index in [2.05, 4.69) is 36.7 Å². The predicted octanol–water partition coefficient (Wildman–Crippen LogP) is 6.34. The maximum atomic E-state index is 16.2. The number of fused-ring (bicyclic) bond motifs is 3. The first-order chi connectivity index (χ1) is 11.4. The van der Waals surface area contributed by atoms with Crippen molar-refractivity contribution in [3.63, 3.8) is 0 Å². The van der Waals surface area contributed by atoms with Crippen LogP contribution in [0, 0.1) is 35.0 Å². The van der Waals surface area contributed by atoms with Crippen molar-refractivity contribution >= 4 is 21.7 Å². The van der Waals surface area contributed by atoms with E-state index in [1.165, 1.54) is 6.42 Å². The Morgan fingerprint density at radius 1 is 1.12 bits per heavy atom. The summed E-state index contributed by atoms with van der Waals surface area (Å²) in [6, 6.07) is 0. The van der Waals surface area contributed by atoms with Gasteiger partial charge in [-0.15, -0.1) is 0 Å². The summed E-state index contributed by atoms with van der Waals surface area (Å²) in [5.41, 5.74) is -0.830. The van der Waals surface area contributed by atoms with Crippen molar-refractivity contribution in [2.75, 3.05) is 5.33 Å². The second-order valence-corrected chi connectivity index (χ2v) is 9.57. The zero-order chi connectivity index (χ0) is 17.5. The molecule has 7 unspecified atom stereocenters. The largest absolute Gasteiger partial charge is 0.298 e. The van der Waals surface area contributed by atoms with Gasteiger partial charge in [0.1, 0.15) is 11.5 Å². The van der Waals surface area contributed by atoms with E-state index in [0.29, 0.717) is 22.9 Å². The number of halogens is 2. The second-order valence-electron chi connectivity index (χ2n) is 9.01. The summed E-state index contributed by atoms with van der Waals surface area (Å²) in [5.74, 6) is 2.15. The number of Topliss-reactive ketones (excluding diaryl/α,β-unsaturated/α-hetero) is 1. The van der Waals surface area contributed by atoms with Crippen LogP contribution >= 0.6 is 15.9 Å². The smallest absolute Gasteiger partial charge is 0.147 e. The third-order valence-electron chi connectivity index (χ3n) is 8.23. The molecular weight excluding hydrogens is 367 g/mol. The van der Waals surface area contributed by atoms with Gasteiger partial charge >= 0.3 is 0 Å². The van der Waals surface area contributed by atoms with Crippen LogP contribution in [-0.2, 0) is 4.79 Å². The summed E-state index contributed by atoms with van der Waals surface area (Å²) in [6.45, 7) is 6.64. The minimum atomic E-state index is -0.953. The molecule has 0 aliphatic heterocycles. The lowest BCUT2D eigenvalue weighted by atomic mass is 9.49. The van der Waals surface area contributed by atoms with Crippen molar-refractivity contribution in [2.24, 2.45) is 35.0 Å². The maximum absolute atomic E-state index is 16.2. The molecule has 3 aliphatic rings. The van der Waals surface area contributed by atoms with Gasteiger partial charge < -0.3 is 0 Å². The quantitative estimate of drug-likeness (QED) is 0.492. The van der Waals surface area contributed by atoms with Crippen LogP contribution in [0.3, 0.4) is 0 Å². The number of hydrogen-bond acceptors (Lipinski definition) is 1. The zero-order valence-corrected chi connectivity index (χ0v) is 17.2. The fraction of sp³-hybridized carbons (Fsp3) is 0.952. The standard InChI is InChI=1S/C21H34BrFO/c1-4-11-21(23)14(5-2)6-7-15-16-8-9-18(19(24)13-22)20(16,3)12-10-17(15)21/h14-18H,4-13H2,1-3H3. The first-order valence-corrected chi connectivity index (χ1v) is 11.3. The first-order valence-electron chi connectivity index (χ1n) is 10.2. The van der Waals surface area contributed by atoms with Crippen LogP contribution in [0.25, 0.3) is 0 Å². The molecule has 0 heterocycles. The van der Waals surface area contributed by atoms with Gasteiger partial charge in [-0.3, -0.25) is 4.79 Å². The summed E-state index contributed by atoms with van der Waals surface area (Å²) < 4.78 is 16.2. The number of ketones is 1. The number of hydrogen-bond donors (Lipinski definition) is 0. The molecule has 0 aromatic rings. The molecule has 24 heavy (non-hydrogen) atoms. The highest BCUT2D eigenvalue weighted by atomic mass is 79.9. The predicted molar refractivity (Wildman–Crippen MR) is 101 cm³/mol. The summed E-state index contributed by atoms with van der Waals surface area (Å²) in [5, 5.41) is 0.481. The van der Waals surface area contributed by atoms with E-state index < -0.39 is 5.67 Å². The van der Waals surface area contributed by atoms with Crippen molar-refractivity contribution in [3.05, 3.63) is 0 Å². The average Bonchev–Trinajstić information content (AvgIpc) is 2.92. The van der Waals surface area contributed by atoms with Crippen LogP contribution in [-0.4, -0.2) is 16.8 Å². The molecule has 0 radical (unpaired) electrons. The monoisotopic (exact) mass is 400 g/mol. The van der Waals surface area contributed by atoms with Crippen LogP contribution in [0.5, 0.6) is 0 Å². The lowest BCUT2D eigenvalue weighted by Crippen LogP contribution is -2.55. The van der Waals surface area contributed by atoms with Gasteiger partial charge in [-0.05, 0) is 74.0 Å². The molecular formula is C21H34BrFO. The minimum absolute atomic E-state index is 0.123. The van der Waals surface area contributed by atoms with Crippen LogP contribution in [0.4, 0.5) is 4.39 Å². The average molecular weight is 401 g/mol. The Balaban J connectivity index is 1.88. The molecule has 3 saturated carbocycles. The molecule has 0 aromatic heterocycles. The van der Waals surface area contributed by atoms with Gasteiger partial charge in [-0.2, -0.15) is 0 Å². The minimum Gasteiger partial charge on any atom is -0.298 e. The van der Waals surface area contributed by atoms with Gasteiger partial charge in [-0.1, -0.05) is 49.5 Å². The maximum Gasteiger partial charge on any atom is 0.147 e. The third-order valence-corrected chi connectivity index (χ3v) is 8.78. The highest BCUT2D eigenvalue weighted by Crippen LogP contribution is 2.65. The molecule has 0 N–H and O–H groups in total. The Labute approximate surface area is 155 Å². The summed E-state index contributed by atoms with van der Waals surface area (Å²) >= 11 is 3.38. The number of alkyl halides is 2. The third kappa shape index (κ3) is 2.72. The first kappa shape index (κ1) is 18.9. The van der Waals surface area contributed by atoms with Crippen LogP contribution in [0.1, 0.15) is 78.6 Å². The van der Waals surface area contributed by atoms with E-state index in [0.717, 1.165) is 51.4 Å². The summed E-state index contributed by atoms with van der Waals surface area (Å²) in [4.78, 5) is 12.4. The van der Waals surface area contributed by atoms with Crippen molar-refractivity contribution in [1.82, 2.24) is 0 Å². The molecule has 3 fully saturated rings. The normalized spacial score (nSPS) is 48.0. The lowest BCUT2D eigenvalue weighted by Gasteiger charge is -2.57. The van der Waals surface area contributed by atoms with Gasteiger partial charge in [0.25, 0.3) is 0 Å². The highest BCUT2D eigenvalue weighted by molar-refractivity contribution is 9.09. The Kier molecular flexibility index (Phi) is 5.50. The van der Waals surface area contributed by atoms with E-state index in [9.17, 15) is 4.79 Å². The van der Waals surface area contributed by atoms with Gasteiger partial charge in [0.2, 0.25) is 0 Å². The highest BCUT2D eigenvalue weighted by Gasteiger charge is 2.61. The van der Waals surface area contributed by atoms with Crippen LogP contribution < -0.4 is 0 Å². The van der Waals surface area contributed by atoms with Crippen molar-refractivity contribution in [1.29, 1.82) is 0 Å². The SMILES string of the molecule is CCCC1(F)C(CC)CCC2C3CCC(C(=O)CBr)C3(C)CCC21. The fourth-order valence-corrected chi connectivity index (χ4v) is 7.55. The van der Waals surface area contributed by atoms with E-state index in [4.69, 9.17) is 0 Å². The molecule has 0 saturated heterocycles. The molecule has 138 valence electrons. The molecule has 0 aromatic carbocycles. The molecule has 0 bridgehead atoms. The van der Waals surface area contributed by atoms with Gasteiger partial charge in [0.15, 0.2) is 0 Å². The van der Waals surface area contributed by atoms with E-state index in [-0.39, 0.29) is 23.2 Å². The van der Waals surface area contributed by atoms with E-state index in [1.807, 2.05) is 0 Å². The number of carbonyl (C=O) groups excluding carboxylic acids is 1. The summed E-state index contributed by atoms with van der Waals surface area (Å²) in [7, 11) is 0. The number of carbonyl (C=O) groups is 1. The van der Waals surface area contributed by atoms with Crippen molar-refractivity contribution in [2.45, 2.75) is 84.2 Å². The zero-order valence-electron chi connectivity index (χ0n) is 15.6. The van der Waals surface area contributed by atoms with Crippen LogP contribution in [0.15, 0.2) is 0 Å². The van der Waals surface area contributed by atoms with E-state index >= 15 is 4.39 Å². The van der Waals surface area contributed by atoms with Gasteiger partial charge in [-0.25, -0.2) is 4.39 Å². The molecule has 1 nitrogen and oxygen atoms in total. The van der Waals surface area contributed by atoms with Crippen molar-refractivity contribution in [3.8, 4) is 0 Å². The molecule has 7 atom stereocenters. The number of rotatable bonds is 5. The fourth-order valence-electron chi connectivity index (χ4n) is 7.16. The van der Waals surface area contributed by atoms with E-state index in [1.54, 1.807) is 0 Å². The Morgan fingerprint density at radius 2 is 1.88 bits per heavy atom. The van der Waals surface area contributed by atoms with Gasteiger partial charge in [0, 0.05) is 5.92 Å². The van der Waals surface area contributed by atoms with Crippen molar-refractivity contribution < 1.29 is 9.18 Å². The molecule has 3 rings (SSSR count).